The average molecular weight is 338 g/mol. The van der Waals surface area contributed by atoms with Crippen molar-refractivity contribution in [3.8, 4) is 0 Å². The number of hydrogen-bond donors (Lipinski definition) is 1. The second-order valence-electron chi connectivity index (χ2n) is 5.17. The largest absolute Gasteiger partial charge is 0.388 e. The van der Waals surface area contributed by atoms with Gasteiger partial charge in [-0.25, -0.2) is 12.8 Å². The molecule has 118 valence electrons. The molecule has 0 saturated carbocycles. The van der Waals surface area contributed by atoms with Crippen molar-refractivity contribution < 1.29 is 22.7 Å². The van der Waals surface area contributed by atoms with Gasteiger partial charge in [0.25, 0.3) is 0 Å². The quantitative estimate of drug-likeness (QED) is 0.907. The third-order valence-corrected chi connectivity index (χ3v) is 5.59. The normalized spacial score (nSPS) is 18.9. The van der Waals surface area contributed by atoms with Gasteiger partial charge in [-0.1, -0.05) is 11.6 Å². The molecule has 1 fully saturated rings. The molecular formula is C13H17ClFNO4S. The van der Waals surface area contributed by atoms with E-state index in [1.165, 1.54) is 13.1 Å². The van der Waals surface area contributed by atoms with Gasteiger partial charge in [0.05, 0.1) is 5.60 Å². The maximum absolute atomic E-state index is 13.8. The summed E-state index contributed by atoms with van der Waals surface area (Å²) in [4.78, 5) is -0.454. The molecule has 8 heteroatoms. The fourth-order valence-electron chi connectivity index (χ4n) is 2.26. The lowest BCUT2D eigenvalue weighted by molar-refractivity contribution is -0.0689. The highest BCUT2D eigenvalue weighted by Gasteiger charge is 2.35. The van der Waals surface area contributed by atoms with Crippen LogP contribution in [0.15, 0.2) is 23.1 Å². The van der Waals surface area contributed by atoms with Crippen molar-refractivity contribution in [1.82, 2.24) is 4.31 Å². The van der Waals surface area contributed by atoms with E-state index in [1.807, 2.05) is 0 Å². The van der Waals surface area contributed by atoms with Crippen LogP contribution in [0, 0.1) is 5.82 Å². The Kier molecular flexibility index (Phi) is 4.89. The number of rotatable bonds is 4. The number of likely N-dealkylation sites (N-methyl/N-ethyl adjacent to an activating group) is 1. The van der Waals surface area contributed by atoms with Gasteiger partial charge < -0.3 is 9.84 Å². The Morgan fingerprint density at radius 3 is 2.62 bits per heavy atom. The molecule has 1 aliphatic heterocycles. The number of ether oxygens (including phenoxy) is 1. The summed E-state index contributed by atoms with van der Waals surface area (Å²) in [6.07, 6.45) is 0.686. The molecule has 1 aliphatic rings. The Morgan fingerprint density at radius 2 is 2.05 bits per heavy atom. The summed E-state index contributed by atoms with van der Waals surface area (Å²) < 4.78 is 44.7. The van der Waals surface area contributed by atoms with Gasteiger partial charge in [0, 0.05) is 44.7 Å². The van der Waals surface area contributed by atoms with Gasteiger partial charge in [0.15, 0.2) is 0 Å². The molecule has 0 spiro atoms. The predicted molar refractivity (Wildman–Crippen MR) is 76.2 cm³/mol. The standard InChI is InChI=1S/C13H17ClFNO4S/c1-16(9-13(17)4-6-20-7-5-13)21(18,19)12-3-2-10(14)8-11(12)15/h2-3,8,17H,4-7,9H2,1H3. The molecule has 0 unspecified atom stereocenters. The van der Waals surface area contributed by atoms with Crippen LogP contribution < -0.4 is 0 Å². The van der Waals surface area contributed by atoms with Gasteiger partial charge in [-0.2, -0.15) is 4.31 Å². The minimum Gasteiger partial charge on any atom is -0.388 e. The third kappa shape index (κ3) is 3.73. The topological polar surface area (TPSA) is 66.8 Å². The zero-order valence-electron chi connectivity index (χ0n) is 11.6. The average Bonchev–Trinajstić information content (AvgIpc) is 2.38. The van der Waals surface area contributed by atoms with Crippen LogP contribution in [0.4, 0.5) is 4.39 Å². The minimum absolute atomic E-state index is 0.110. The number of benzene rings is 1. The van der Waals surface area contributed by atoms with Crippen molar-refractivity contribution in [1.29, 1.82) is 0 Å². The Labute approximate surface area is 128 Å². The summed E-state index contributed by atoms with van der Waals surface area (Å²) in [5.74, 6) is -0.909. The van der Waals surface area contributed by atoms with Gasteiger partial charge in [-0.15, -0.1) is 0 Å². The van der Waals surface area contributed by atoms with Crippen molar-refractivity contribution in [2.45, 2.75) is 23.3 Å². The highest BCUT2D eigenvalue weighted by molar-refractivity contribution is 7.89. The van der Waals surface area contributed by atoms with Crippen LogP contribution in [0.3, 0.4) is 0 Å². The maximum atomic E-state index is 13.8. The van der Waals surface area contributed by atoms with Crippen LogP contribution in [0.25, 0.3) is 0 Å². The van der Waals surface area contributed by atoms with Gasteiger partial charge >= 0.3 is 0 Å². The summed E-state index contributed by atoms with van der Waals surface area (Å²) >= 11 is 5.62. The summed E-state index contributed by atoms with van der Waals surface area (Å²) in [7, 11) is -2.71. The molecule has 1 heterocycles. The molecule has 21 heavy (non-hydrogen) atoms. The van der Waals surface area contributed by atoms with Crippen molar-refractivity contribution in [2.24, 2.45) is 0 Å². The van der Waals surface area contributed by atoms with Crippen molar-refractivity contribution in [3.63, 3.8) is 0 Å². The van der Waals surface area contributed by atoms with Gasteiger partial charge in [0.2, 0.25) is 10.0 Å². The van der Waals surface area contributed by atoms with Gasteiger partial charge in [-0.05, 0) is 18.2 Å². The van der Waals surface area contributed by atoms with Crippen LogP contribution in [-0.4, -0.2) is 50.2 Å². The molecule has 1 aromatic carbocycles. The van der Waals surface area contributed by atoms with Crippen LogP contribution in [0.5, 0.6) is 0 Å². The minimum atomic E-state index is -4.03. The molecule has 5 nitrogen and oxygen atoms in total. The molecule has 0 aromatic heterocycles. The first kappa shape index (κ1) is 16.6. The van der Waals surface area contributed by atoms with E-state index in [1.54, 1.807) is 0 Å². The number of sulfonamides is 1. The molecule has 1 aromatic rings. The first-order valence-corrected chi connectivity index (χ1v) is 8.28. The van der Waals surface area contributed by atoms with Crippen molar-refractivity contribution in [3.05, 3.63) is 29.0 Å². The van der Waals surface area contributed by atoms with Crippen LogP contribution in [0.2, 0.25) is 5.02 Å². The Bertz CT molecular complexity index is 617. The number of hydrogen-bond acceptors (Lipinski definition) is 4. The second-order valence-corrected chi connectivity index (χ2v) is 7.62. The highest BCUT2D eigenvalue weighted by Crippen LogP contribution is 2.26. The number of nitrogens with zero attached hydrogens (tertiary/aromatic N) is 1. The zero-order valence-corrected chi connectivity index (χ0v) is 13.1. The van der Waals surface area contributed by atoms with E-state index in [-0.39, 0.29) is 11.6 Å². The van der Waals surface area contributed by atoms with Gasteiger partial charge in [0.1, 0.15) is 10.7 Å². The van der Waals surface area contributed by atoms with E-state index >= 15 is 0 Å². The second kappa shape index (κ2) is 6.18. The molecule has 1 saturated heterocycles. The van der Waals surface area contributed by atoms with Crippen molar-refractivity contribution >= 4 is 21.6 Å². The predicted octanol–water partition coefficient (Wildman–Crippen LogP) is 1.64. The molecular weight excluding hydrogens is 321 g/mol. The van der Waals surface area contributed by atoms with E-state index < -0.39 is 26.3 Å². The molecule has 1 N–H and O–H groups in total. The van der Waals surface area contributed by atoms with E-state index in [9.17, 15) is 17.9 Å². The first-order valence-electron chi connectivity index (χ1n) is 6.46. The molecule has 0 atom stereocenters. The van der Waals surface area contributed by atoms with E-state index in [0.717, 1.165) is 16.4 Å². The highest BCUT2D eigenvalue weighted by atomic mass is 35.5. The van der Waals surface area contributed by atoms with E-state index in [4.69, 9.17) is 16.3 Å². The molecule has 0 amide bonds. The summed E-state index contributed by atoms with van der Waals surface area (Å²) in [6, 6.07) is 3.39. The molecule has 0 bridgehead atoms. The first-order chi connectivity index (χ1) is 9.74. The Morgan fingerprint density at radius 1 is 1.43 bits per heavy atom. The summed E-state index contributed by atoms with van der Waals surface area (Å²) in [5.41, 5.74) is -1.15. The fourth-order valence-corrected chi connectivity index (χ4v) is 3.71. The van der Waals surface area contributed by atoms with Crippen LogP contribution in [-0.2, 0) is 14.8 Å². The summed E-state index contributed by atoms with van der Waals surface area (Å²) in [5, 5.41) is 10.5. The molecule has 0 aliphatic carbocycles. The van der Waals surface area contributed by atoms with Crippen LogP contribution in [0.1, 0.15) is 12.8 Å². The SMILES string of the molecule is CN(CC1(O)CCOCC1)S(=O)(=O)c1ccc(Cl)cc1F. The third-order valence-electron chi connectivity index (χ3n) is 3.52. The van der Waals surface area contributed by atoms with E-state index in [2.05, 4.69) is 0 Å². The smallest absolute Gasteiger partial charge is 0.245 e. The monoisotopic (exact) mass is 337 g/mol. The molecule has 2 rings (SSSR count). The lowest BCUT2D eigenvalue weighted by atomic mass is 9.95. The lowest BCUT2D eigenvalue weighted by Crippen LogP contribution is -2.47. The molecule has 0 radical (unpaired) electrons. The maximum Gasteiger partial charge on any atom is 0.245 e. The lowest BCUT2D eigenvalue weighted by Gasteiger charge is -2.35. The fraction of sp³-hybridized carbons (Fsp3) is 0.538. The van der Waals surface area contributed by atoms with Crippen molar-refractivity contribution in [2.75, 3.05) is 26.8 Å². The Balaban J connectivity index is 2.22. The van der Waals surface area contributed by atoms with Gasteiger partial charge in [-0.3, -0.25) is 0 Å². The zero-order chi connectivity index (χ0) is 15.7. The summed E-state index contributed by atoms with van der Waals surface area (Å²) in [6.45, 7) is 0.639. The number of halogens is 2. The Hall–Kier alpha value is -0.730. The number of aliphatic hydroxyl groups is 1. The van der Waals surface area contributed by atoms with Crippen LogP contribution >= 0.6 is 11.6 Å². The van der Waals surface area contributed by atoms with E-state index in [0.29, 0.717) is 26.1 Å².